The summed E-state index contributed by atoms with van der Waals surface area (Å²) in [4.78, 5) is 23.2. The highest BCUT2D eigenvalue weighted by Gasteiger charge is 2.26. The molecule has 0 bridgehead atoms. The molecule has 8 nitrogen and oxygen atoms in total. The molecule has 0 aliphatic carbocycles. The smallest absolute Gasteiger partial charge is 0.271 e. The molecule has 1 unspecified atom stereocenters. The van der Waals surface area contributed by atoms with Crippen molar-refractivity contribution in [2.75, 3.05) is 19.7 Å². The molecule has 0 aromatic carbocycles. The Hall–Kier alpha value is -2.32. The monoisotopic (exact) mass is 384 g/mol. The number of nitrogens with one attached hydrogen (secondary N) is 1. The average Bonchev–Trinajstić information content (AvgIpc) is 3.06. The van der Waals surface area contributed by atoms with E-state index in [9.17, 15) is 4.79 Å². The molecule has 4 heterocycles. The number of piperidine rings is 1. The summed E-state index contributed by atoms with van der Waals surface area (Å²) in [6, 6.07) is 0.115. The molecule has 0 radical (unpaired) electrons. The first-order valence-corrected chi connectivity index (χ1v) is 10.1. The van der Waals surface area contributed by atoms with Crippen molar-refractivity contribution >= 4 is 5.91 Å². The van der Waals surface area contributed by atoms with Crippen LogP contribution in [0.4, 0.5) is 0 Å². The van der Waals surface area contributed by atoms with Crippen LogP contribution in [0.5, 0.6) is 0 Å². The number of nitrogens with zero attached hydrogens (tertiary/aromatic N) is 5. The molecule has 2 aromatic heterocycles. The van der Waals surface area contributed by atoms with Crippen molar-refractivity contribution in [3.8, 4) is 0 Å². The third kappa shape index (κ3) is 4.07. The van der Waals surface area contributed by atoms with E-state index in [2.05, 4.69) is 31.8 Å². The third-order valence-electron chi connectivity index (χ3n) is 5.51. The summed E-state index contributed by atoms with van der Waals surface area (Å²) in [5.41, 5.74) is 4.88. The molecule has 4 rings (SSSR count). The Balaban J connectivity index is 1.40. The quantitative estimate of drug-likeness (QED) is 0.840. The van der Waals surface area contributed by atoms with Gasteiger partial charge in [-0.05, 0) is 33.2 Å². The maximum atomic E-state index is 12.5. The van der Waals surface area contributed by atoms with Gasteiger partial charge in [0.25, 0.3) is 5.91 Å². The zero-order valence-corrected chi connectivity index (χ0v) is 16.6. The van der Waals surface area contributed by atoms with Gasteiger partial charge in [-0.25, -0.2) is 4.98 Å². The predicted molar refractivity (Wildman–Crippen MR) is 104 cm³/mol. The molecule has 28 heavy (non-hydrogen) atoms. The van der Waals surface area contributed by atoms with E-state index in [-0.39, 0.29) is 11.9 Å². The molecule has 1 fully saturated rings. The first-order chi connectivity index (χ1) is 13.6. The van der Waals surface area contributed by atoms with E-state index in [4.69, 9.17) is 9.84 Å². The zero-order chi connectivity index (χ0) is 19.5. The minimum Gasteiger partial charge on any atom is -0.376 e. The van der Waals surface area contributed by atoms with E-state index in [1.54, 1.807) is 6.20 Å². The average molecular weight is 384 g/mol. The van der Waals surface area contributed by atoms with E-state index < -0.39 is 0 Å². The lowest BCUT2D eigenvalue weighted by Gasteiger charge is -2.32. The molecule has 2 aromatic rings. The number of ether oxygens (including phenoxy) is 1. The van der Waals surface area contributed by atoms with Gasteiger partial charge in [-0.1, -0.05) is 0 Å². The second kappa shape index (κ2) is 8.36. The van der Waals surface area contributed by atoms with Crippen LogP contribution in [0.1, 0.15) is 52.9 Å². The third-order valence-corrected chi connectivity index (χ3v) is 5.51. The number of aromatic nitrogens is 4. The fourth-order valence-corrected chi connectivity index (χ4v) is 4.06. The number of likely N-dealkylation sites (tertiary alicyclic amines) is 1. The molecule has 2 aliphatic heterocycles. The number of rotatable bonds is 5. The van der Waals surface area contributed by atoms with Gasteiger partial charge in [0, 0.05) is 49.6 Å². The van der Waals surface area contributed by atoms with Crippen LogP contribution in [0.3, 0.4) is 0 Å². The van der Waals surface area contributed by atoms with Gasteiger partial charge in [0.2, 0.25) is 0 Å². The molecule has 8 heteroatoms. The summed E-state index contributed by atoms with van der Waals surface area (Å²) < 4.78 is 7.79. The molecule has 0 saturated carbocycles. The highest BCUT2D eigenvalue weighted by molar-refractivity contribution is 5.92. The van der Waals surface area contributed by atoms with Crippen molar-refractivity contribution in [1.82, 2.24) is 30.0 Å². The van der Waals surface area contributed by atoms with Gasteiger partial charge in [-0.3, -0.25) is 19.4 Å². The summed E-state index contributed by atoms with van der Waals surface area (Å²) >= 11 is 0. The fourth-order valence-electron chi connectivity index (χ4n) is 4.06. The Morgan fingerprint density at radius 1 is 1.36 bits per heavy atom. The summed E-state index contributed by atoms with van der Waals surface area (Å²) in [7, 11) is 0. The summed E-state index contributed by atoms with van der Waals surface area (Å²) in [6.45, 7) is 8.95. The van der Waals surface area contributed by atoms with Gasteiger partial charge >= 0.3 is 0 Å². The summed E-state index contributed by atoms with van der Waals surface area (Å²) in [6.07, 6.45) is 6.13. The normalized spacial score (nSPS) is 20.0. The lowest BCUT2D eigenvalue weighted by atomic mass is 10.0. The van der Waals surface area contributed by atoms with E-state index in [0.29, 0.717) is 12.3 Å². The molecule has 0 spiro atoms. The minimum absolute atomic E-state index is 0.115. The number of hydrogen-bond acceptors (Lipinski definition) is 6. The van der Waals surface area contributed by atoms with Gasteiger partial charge in [-0.15, -0.1) is 0 Å². The first-order valence-electron chi connectivity index (χ1n) is 10.1. The van der Waals surface area contributed by atoms with Gasteiger partial charge in [0.15, 0.2) is 0 Å². The van der Waals surface area contributed by atoms with Crippen LogP contribution in [0.15, 0.2) is 12.4 Å². The van der Waals surface area contributed by atoms with Crippen molar-refractivity contribution < 1.29 is 9.53 Å². The van der Waals surface area contributed by atoms with Crippen molar-refractivity contribution in [2.45, 2.75) is 58.8 Å². The van der Waals surface area contributed by atoms with E-state index in [0.717, 1.165) is 63.4 Å². The highest BCUT2D eigenvalue weighted by Crippen LogP contribution is 2.23. The lowest BCUT2D eigenvalue weighted by Crippen LogP contribution is -2.47. The van der Waals surface area contributed by atoms with E-state index in [1.165, 1.54) is 17.5 Å². The molecular formula is C20H28N6O2. The minimum atomic E-state index is -0.152. The SMILES string of the molecule is CCn1nc(CN2CCCC(NC(=O)c3cnc(C)cn3)C2)c2c1CCOC2. The van der Waals surface area contributed by atoms with Crippen LogP contribution in [0.2, 0.25) is 0 Å². The molecule has 1 saturated heterocycles. The molecule has 1 atom stereocenters. The fraction of sp³-hybridized carbons (Fsp3) is 0.600. The number of aryl methyl sites for hydroxylation is 2. The standard InChI is InChI=1S/C20H28N6O2/c1-3-26-19-6-8-28-13-16(19)18(24-26)12-25-7-4-5-15(11-25)23-20(27)17-10-21-14(2)9-22-17/h9-10,15H,3-8,11-13H2,1-2H3,(H,23,27). The number of fused-ring (bicyclic) bond motifs is 1. The summed E-state index contributed by atoms with van der Waals surface area (Å²) in [5.74, 6) is -0.152. The van der Waals surface area contributed by atoms with Gasteiger partial charge < -0.3 is 10.1 Å². The maximum absolute atomic E-state index is 12.5. The molecule has 1 amide bonds. The first kappa shape index (κ1) is 19.0. The number of hydrogen-bond donors (Lipinski definition) is 1. The predicted octanol–water partition coefficient (Wildman–Crippen LogP) is 1.47. The van der Waals surface area contributed by atoms with E-state index >= 15 is 0 Å². The Kier molecular flexibility index (Phi) is 5.68. The topological polar surface area (TPSA) is 85.2 Å². The number of carbonyl (C=O) groups excluding carboxylic acids is 1. The lowest BCUT2D eigenvalue weighted by molar-refractivity contribution is 0.0893. The van der Waals surface area contributed by atoms with Crippen molar-refractivity contribution in [2.24, 2.45) is 0 Å². The van der Waals surface area contributed by atoms with Crippen LogP contribution >= 0.6 is 0 Å². The van der Waals surface area contributed by atoms with Crippen molar-refractivity contribution in [3.05, 3.63) is 40.7 Å². The largest absolute Gasteiger partial charge is 0.376 e. The van der Waals surface area contributed by atoms with Crippen LogP contribution in [-0.2, 0) is 30.9 Å². The zero-order valence-electron chi connectivity index (χ0n) is 16.6. The molecule has 2 aliphatic rings. The van der Waals surface area contributed by atoms with Crippen molar-refractivity contribution in [3.63, 3.8) is 0 Å². The van der Waals surface area contributed by atoms with Gasteiger partial charge in [-0.2, -0.15) is 5.10 Å². The van der Waals surface area contributed by atoms with Gasteiger partial charge in [0.05, 0.1) is 30.8 Å². The van der Waals surface area contributed by atoms with Crippen molar-refractivity contribution in [1.29, 1.82) is 0 Å². The molecule has 1 N–H and O–H groups in total. The van der Waals surface area contributed by atoms with Gasteiger partial charge in [0.1, 0.15) is 5.69 Å². The van der Waals surface area contributed by atoms with Crippen LogP contribution in [-0.4, -0.2) is 56.3 Å². The second-order valence-corrected chi connectivity index (χ2v) is 7.58. The Bertz CT molecular complexity index is 832. The highest BCUT2D eigenvalue weighted by atomic mass is 16.5. The van der Waals surface area contributed by atoms with Crippen LogP contribution in [0, 0.1) is 6.92 Å². The number of carbonyl (C=O) groups is 1. The number of amides is 1. The van der Waals surface area contributed by atoms with Crippen LogP contribution < -0.4 is 5.32 Å². The Morgan fingerprint density at radius 2 is 2.25 bits per heavy atom. The Labute approximate surface area is 165 Å². The maximum Gasteiger partial charge on any atom is 0.271 e. The van der Waals surface area contributed by atoms with E-state index in [1.807, 2.05) is 6.92 Å². The molecule has 150 valence electrons. The Morgan fingerprint density at radius 3 is 3.04 bits per heavy atom. The van der Waals surface area contributed by atoms with Crippen LogP contribution in [0.25, 0.3) is 0 Å². The molecular weight excluding hydrogens is 356 g/mol. The summed E-state index contributed by atoms with van der Waals surface area (Å²) in [5, 5.41) is 7.95. The second-order valence-electron chi connectivity index (χ2n) is 7.58.